The van der Waals surface area contributed by atoms with Crippen LogP contribution in [0, 0.1) is 5.92 Å². The molecule has 0 radical (unpaired) electrons. The smallest absolute Gasteiger partial charge is 0.242 e. The lowest BCUT2D eigenvalue weighted by molar-refractivity contribution is -0.141. The van der Waals surface area contributed by atoms with E-state index >= 15 is 0 Å². The number of nitrogens with zero attached hydrogens (tertiary/aromatic N) is 1. The van der Waals surface area contributed by atoms with Crippen molar-refractivity contribution in [2.75, 3.05) is 19.6 Å². The van der Waals surface area contributed by atoms with E-state index in [-0.39, 0.29) is 30.1 Å². The zero-order valence-electron chi connectivity index (χ0n) is 13.6. The summed E-state index contributed by atoms with van der Waals surface area (Å²) in [6, 6.07) is 0. The lowest BCUT2D eigenvalue weighted by Crippen LogP contribution is -2.58. The first-order chi connectivity index (χ1) is 10.1. The van der Waals surface area contributed by atoms with Gasteiger partial charge in [0.2, 0.25) is 11.8 Å². The van der Waals surface area contributed by atoms with Gasteiger partial charge in [-0.1, -0.05) is 26.2 Å². The van der Waals surface area contributed by atoms with E-state index in [1.807, 2.05) is 11.8 Å². The third-order valence-corrected chi connectivity index (χ3v) is 4.87. The SMILES string of the molecule is CCCNC(=O)C1CCN(C(=O)C2(N)CCCCC2)CC1.Cl. The summed E-state index contributed by atoms with van der Waals surface area (Å²) in [5.41, 5.74) is 5.68. The minimum absolute atomic E-state index is 0. The first-order valence-electron chi connectivity index (χ1n) is 8.43. The van der Waals surface area contributed by atoms with Gasteiger partial charge in [-0.05, 0) is 32.1 Å². The van der Waals surface area contributed by atoms with Crippen LogP contribution in [0.5, 0.6) is 0 Å². The molecule has 0 aromatic heterocycles. The predicted octanol–water partition coefficient (Wildman–Crippen LogP) is 1.83. The summed E-state index contributed by atoms with van der Waals surface area (Å²) >= 11 is 0. The molecular formula is C16H30ClN3O2. The zero-order valence-corrected chi connectivity index (χ0v) is 14.4. The first-order valence-corrected chi connectivity index (χ1v) is 8.43. The van der Waals surface area contributed by atoms with E-state index in [1.165, 1.54) is 6.42 Å². The molecule has 1 aliphatic heterocycles. The first kappa shape index (κ1) is 19.2. The number of piperidine rings is 1. The minimum atomic E-state index is -0.643. The van der Waals surface area contributed by atoms with Gasteiger partial charge < -0.3 is 16.0 Å². The molecule has 2 rings (SSSR count). The highest BCUT2D eigenvalue weighted by Crippen LogP contribution is 2.29. The molecule has 0 spiro atoms. The Morgan fingerprint density at radius 3 is 2.32 bits per heavy atom. The van der Waals surface area contributed by atoms with E-state index in [0.29, 0.717) is 13.1 Å². The Bertz CT molecular complexity index is 376. The van der Waals surface area contributed by atoms with Crippen molar-refractivity contribution in [3.8, 4) is 0 Å². The predicted molar refractivity (Wildman–Crippen MR) is 89.9 cm³/mol. The van der Waals surface area contributed by atoms with E-state index in [2.05, 4.69) is 5.32 Å². The van der Waals surface area contributed by atoms with Crippen LogP contribution in [-0.4, -0.2) is 41.9 Å². The maximum absolute atomic E-state index is 12.6. The van der Waals surface area contributed by atoms with Gasteiger partial charge in [-0.2, -0.15) is 0 Å². The van der Waals surface area contributed by atoms with Crippen molar-refractivity contribution in [3.05, 3.63) is 0 Å². The molecule has 0 bridgehead atoms. The van der Waals surface area contributed by atoms with Gasteiger partial charge in [-0.3, -0.25) is 9.59 Å². The Morgan fingerprint density at radius 1 is 1.18 bits per heavy atom. The molecular weight excluding hydrogens is 302 g/mol. The van der Waals surface area contributed by atoms with Gasteiger partial charge in [0.15, 0.2) is 0 Å². The van der Waals surface area contributed by atoms with Crippen molar-refractivity contribution < 1.29 is 9.59 Å². The Morgan fingerprint density at radius 2 is 1.77 bits per heavy atom. The fourth-order valence-electron chi connectivity index (χ4n) is 3.45. The van der Waals surface area contributed by atoms with Crippen molar-refractivity contribution >= 4 is 24.2 Å². The number of nitrogens with one attached hydrogen (secondary N) is 1. The summed E-state index contributed by atoms with van der Waals surface area (Å²) in [5, 5.41) is 2.95. The topological polar surface area (TPSA) is 75.4 Å². The molecule has 2 aliphatic rings. The average molecular weight is 332 g/mol. The third-order valence-electron chi connectivity index (χ3n) is 4.87. The van der Waals surface area contributed by atoms with Crippen molar-refractivity contribution in [1.29, 1.82) is 0 Å². The molecule has 5 nitrogen and oxygen atoms in total. The largest absolute Gasteiger partial charge is 0.356 e. The Hall–Kier alpha value is -0.810. The van der Waals surface area contributed by atoms with Crippen molar-refractivity contribution in [1.82, 2.24) is 10.2 Å². The third kappa shape index (κ3) is 4.59. The summed E-state index contributed by atoms with van der Waals surface area (Å²) in [6.07, 6.45) is 7.39. The van der Waals surface area contributed by atoms with Crippen molar-refractivity contribution in [3.63, 3.8) is 0 Å². The summed E-state index contributed by atoms with van der Waals surface area (Å²) in [5.74, 6) is 0.305. The van der Waals surface area contributed by atoms with E-state index in [1.54, 1.807) is 0 Å². The highest BCUT2D eigenvalue weighted by atomic mass is 35.5. The fourth-order valence-corrected chi connectivity index (χ4v) is 3.45. The zero-order chi connectivity index (χ0) is 15.3. The van der Waals surface area contributed by atoms with Crippen LogP contribution < -0.4 is 11.1 Å². The molecule has 1 heterocycles. The quantitative estimate of drug-likeness (QED) is 0.825. The summed E-state index contributed by atoms with van der Waals surface area (Å²) < 4.78 is 0. The van der Waals surface area contributed by atoms with Crippen LogP contribution >= 0.6 is 12.4 Å². The van der Waals surface area contributed by atoms with Gasteiger partial charge in [0, 0.05) is 25.6 Å². The van der Waals surface area contributed by atoms with E-state index in [0.717, 1.165) is 51.5 Å². The van der Waals surface area contributed by atoms with Crippen LogP contribution in [0.25, 0.3) is 0 Å². The van der Waals surface area contributed by atoms with Crippen LogP contribution in [0.3, 0.4) is 0 Å². The van der Waals surface area contributed by atoms with Crippen LogP contribution in [0.4, 0.5) is 0 Å². The van der Waals surface area contributed by atoms with Gasteiger partial charge in [-0.25, -0.2) is 0 Å². The number of rotatable bonds is 4. The lowest BCUT2D eigenvalue weighted by atomic mass is 9.81. The van der Waals surface area contributed by atoms with Crippen molar-refractivity contribution in [2.45, 2.75) is 63.8 Å². The maximum Gasteiger partial charge on any atom is 0.242 e. The number of hydrogen-bond donors (Lipinski definition) is 2. The molecule has 0 atom stereocenters. The number of hydrogen-bond acceptors (Lipinski definition) is 3. The molecule has 128 valence electrons. The number of halogens is 1. The molecule has 6 heteroatoms. The van der Waals surface area contributed by atoms with Gasteiger partial charge in [-0.15, -0.1) is 12.4 Å². The van der Waals surface area contributed by atoms with E-state index < -0.39 is 5.54 Å². The molecule has 1 saturated heterocycles. The van der Waals surface area contributed by atoms with Crippen LogP contribution in [0.1, 0.15) is 58.3 Å². The molecule has 0 aromatic carbocycles. The lowest BCUT2D eigenvalue weighted by Gasteiger charge is -2.39. The molecule has 2 amide bonds. The van der Waals surface area contributed by atoms with E-state index in [4.69, 9.17) is 5.73 Å². The molecule has 0 aromatic rings. The highest BCUT2D eigenvalue weighted by Gasteiger charge is 2.39. The molecule has 1 saturated carbocycles. The van der Waals surface area contributed by atoms with Gasteiger partial charge in [0.1, 0.15) is 0 Å². The number of nitrogens with two attached hydrogens (primary N) is 1. The van der Waals surface area contributed by atoms with Crippen molar-refractivity contribution in [2.24, 2.45) is 11.7 Å². The van der Waals surface area contributed by atoms with Gasteiger partial charge in [0.25, 0.3) is 0 Å². The molecule has 3 N–H and O–H groups in total. The summed E-state index contributed by atoms with van der Waals surface area (Å²) in [6.45, 7) is 4.13. The number of likely N-dealkylation sites (tertiary alicyclic amines) is 1. The number of carbonyl (C=O) groups is 2. The monoisotopic (exact) mass is 331 g/mol. The summed E-state index contributed by atoms with van der Waals surface area (Å²) in [4.78, 5) is 26.5. The Balaban J connectivity index is 0.00000242. The second kappa shape index (κ2) is 8.73. The average Bonchev–Trinajstić information content (AvgIpc) is 2.52. The van der Waals surface area contributed by atoms with Gasteiger partial charge >= 0.3 is 0 Å². The highest BCUT2D eigenvalue weighted by molar-refractivity contribution is 5.86. The molecule has 0 unspecified atom stereocenters. The fraction of sp³-hybridized carbons (Fsp3) is 0.875. The second-order valence-electron chi connectivity index (χ2n) is 6.57. The molecule has 1 aliphatic carbocycles. The Kier molecular flexibility index (Phi) is 7.63. The number of amides is 2. The molecule has 22 heavy (non-hydrogen) atoms. The van der Waals surface area contributed by atoms with Crippen LogP contribution in [0.2, 0.25) is 0 Å². The normalized spacial score (nSPS) is 21.8. The minimum Gasteiger partial charge on any atom is -0.356 e. The van der Waals surface area contributed by atoms with Gasteiger partial charge in [0.05, 0.1) is 5.54 Å². The second-order valence-corrected chi connectivity index (χ2v) is 6.57. The summed E-state index contributed by atoms with van der Waals surface area (Å²) in [7, 11) is 0. The van der Waals surface area contributed by atoms with Crippen LogP contribution in [0.15, 0.2) is 0 Å². The van der Waals surface area contributed by atoms with E-state index in [9.17, 15) is 9.59 Å². The Labute approximate surface area is 139 Å². The molecule has 2 fully saturated rings. The maximum atomic E-state index is 12.6. The van der Waals surface area contributed by atoms with Crippen LogP contribution in [-0.2, 0) is 9.59 Å². The standard InChI is InChI=1S/C16H29N3O2.ClH/c1-2-10-18-14(20)13-6-11-19(12-7-13)15(21)16(17)8-4-3-5-9-16;/h13H,2-12,17H2,1H3,(H,18,20);1H. The number of carbonyl (C=O) groups excluding carboxylic acids is 2.